The number of hydrogen-bond acceptors (Lipinski definition) is 4. The number of aromatic nitrogens is 1. The smallest absolute Gasteiger partial charge is 0.124 e. The Morgan fingerprint density at radius 1 is 0.364 bits per heavy atom. The first-order chi connectivity index (χ1) is 27.3. The summed E-state index contributed by atoms with van der Waals surface area (Å²) in [5.41, 5.74) is 11.0. The summed E-state index contributed by atoms with van der Waals surface area (Å²) in [6, 6.07) is 75.7. The van der Waals surface area contributed by atoms with Crippen molar-refractivity contribution in [2.75, 3.05) is 9.80 Å². The number of para-hydroxylation sites is 3. The van der Waals surface area contributed by atoms with Gasteiger partial charge in [0.1, 0.15) is 5.01 Å². The van der Waals surface area contributed by atoms with Gasteiger partial charge in [-0.3, -0.25) is 0 Å². The van der Waals surface area contributed by atoms with Gasteiger partial charge in [0.2, 0.25) is 0 Å². The van der Waals surface area contributed by atoms with Crippen LogP contribution in [0, 0.1) is 0 Å². The highest BCUT2D eigenvalue weighted by Crippen LogP contribution is 2.47. The van der Waals surface area contributed by atoms with Gasteiger partial charge in [-0.25, -0.2) is 4.98 Å². The molecule has 0 radical (unpaired) electrons. The van der Waals surface area contributed by atoms with Gasteiger partial charge in [-0.05, 0) is 88.6 Å². The molecule has 1 heterocycles. The summed E-state index contributed by atoms with van der Waals surface area (Å²) >= 11 is 1.77. The Hall–Kier alpha value is -7.01. The van der Waals surface area contributed by atoms with Crippen molar-refractivity contribution in [3.05, 3.63) is 212 Å². The molecule has 4 heteroatoms. The Balaban J connectivity index is 1.26. The minimum atomic E-state index is 0.983. The Morgan fingerprint density at radius 2 is 0.873 bits per heavy atom. The number of benzene rings is 9. The van der Waals surface area contributed by atoms with Gasteiger partial charge in [-0.15, -0.1) is 11.3 Å². The third-order valence-corrected chi connectivity index (χ3v) is 11.3. The van der Waals surface area contributed by atoms with E-state index in [1.165, 1.54) is 37.4 Å². The highest BCUT2D eigenvalue weighted by Gasteiger charge is 2.22. The zero-order chi connectivity index (χ0) is 36.6. The first-order valence-corrected chi connectivity index (χ1v) is 19.4. The number of nitrogens with zero attached hydrogens (tertiary/aromatic N) is 3. The molecular formula is C51H35N3S. The summed E-state index contributed by atoms with van der Waals surface area (Å²) in [7, 11) is 0. The summed E-state index contributed by atoms with van der Waals surface area (Å²) in [5, 5.41) is 5.75. The zero-order valence-corrected chi connectivity index (χ0v) is 30.8. The second-order valence-electron chi connectivity index (χ2n) is 13.6. The molecule has 1 aromatic heterocycles. The molecule has 0 atom stereocenters. The average molecular weight is 722 g/mol. The van der Waals surface area contributed by atoms with Crippen molar-refractivity contribution >= 4 is 77.2 Å². The molecule has 0 aliphatic heterocycles. The molecule has 10 rings (SSSR count). The molecule has 0 spiro atoms. The predicted octanol–water partition coefficient (Wildman–Crippen LogP) is 14.9. The summed E-state index contributed by atoms with van der Waals surface area (Å²) in [6.45, 7) is 0. The van der Waals surface area contributed by atoms with Crippen molar-refractivity contribution < 1.29 is 0 Å². The first-order valence-electron chi connectivity index (χ1n) is 18.5. The van der Waals surface area contributed by atoms with Crippen LogP contribution in [-0.2, 0) is 0 Å². The number of thiazole rings is 1. The molecule has 0 unspecified atom stereocenters. The van der Waals surface area contributed by atoms with Crippen LogP contribution in [0.5, 0.6) is 0 Å². The Labute approximate surface area is 324 Å². The van der Waals surface area contributed by atoms with Crippen LogP contribution in [0.2, 0.25) is 0 Å². The fourth-order valence-corrected chi connectivity index (χ4v) is 8.79. The normalized spacial score (nSPS) is 11.3. The standard InChI is InChI=1S/C51H35N3S/c1-6-17-36(18-7-1)39-21-16-28-43(33-39)53(40-22-10-3-11-23-40)44-31-29-37-30-32-45-48(54(41-24-12-4-13-25-41)42-26-14-5-15-27-42)35-47-50(49(45)46(37)34-44)55-51(52-47)38-19-8-2-9-20-38/h1-35H. The lowest BCUT2D eigenvalue weighted by atomic mass is 9.98. The molecule has 0 aliphatic rings. The van der Waals surface area contributed by atoms with Crippen LogP contribution in [0.3, 0.4) is 0 Å². The summed E-state index contributed by atoms with van der Waals surface area (Å²) in [4.78, 5) is 10.1. The second-order valence-corrected chi connectivity index (χ2v) is 14.6. The molecule has 3 nitrogen and oxygen atoms in total. The molecule has 0 saturated carbocycles. The minimum absolute atomic E-state index is 0.983. The van der Waals surface area contributed by atoms with Crippen LogP contribution >= 0.6 is 11.3 Å². The molecule has 260 valence electrons. The van der Waals surface area contributed by atoms with E-state index < -0.39 is 0 Å². The zero-order valence-electron chi connectivity index (χ0n) is 30.0. The van der Waals surface area contributed by atoms with Crippen LogP contribution in [0.4, 0.5) is 34.1 Å². The number of anilines is 6. The monoisotopic (exact) mass is 721 g/mol. The van der Waals surface area contributed by atoms with Gasteiger partial charge in [-0.2, -0.15) is 0 Å². The summed E-state index contributed by atoms with van der Waals surface area (Å²) in [6.07, 6.45) is 0. The topological polar surface area (TPSA) is 19.4 Å². The lowest BCUT2D eigenvalue weighted by molar-refractivity contribution is 1.29. The third-order valence-electron chi connectivity index (χ3n) is 10.2. The predicted molar refractivity (Wildman–Crippen MR) is 235 cm³/mol. The molecule has 10 aromatic rings. The lowest BCUT2D eigenvalue weighted by Crippen LogP contribution is -2.11. The van der Waals surface area contributed by atoms with Gasteiger partial charge in [0.05, 0.1) is 15.9 Å². The lowest BCUT2D eigenvalue weighted by Gasteiger charge is -2.28. The highest BCUT2D eigenvalue weighted by atomic mass is 32.1. The summed E-state index contributed by atoms with van der Waals surface area (Å²) in [5.74, 6) is 0. The molecule has 55 heavy (non-hydrogen) atoms. The molecule has 9 aromatic carbocycles. The Bertz CT molecular complexity index is 2870. The first kappa shape index (κ1) is 32.6. The van der Waals surface area contributed by atoms with Crippen LogP contribution in [0.1, 0.15) is 0 Å². The molecule has 0 fully saturated rings. The average Bonchev–Trinajstić information content (AvgIpc) is 3.70. The van der Waals surface area contributed by atoms with E-state index in [9.17, 15) is 0 Å². The largest absolute Gasteiger partial charge is 0.310 e. The van der Waals surface area contributed by atoms with Crippen LogP contribution in [0.25, 0.3) is 53.5 Å². The maximum atomic E-state index is 5.34. The van der Waals surface area contributed by atoms with E-state index in [1.54, 1.807) is 11.3 Å². The highest BCUT2D eigenvalue weighted by molar-refractivity contribution is 7.22. The molecule has 0 amide bonds. The number of rotatable bonds is 8. The van der Waals surface area contributed by atoms with Gasteiger partial charge in [0.25, 0.3) is 0 Å². The minimum Gasteiger partial charge on any atom is -0.310 e. The van der Waals surface area contributed by atoms with Crippen molar-refractivity contribution in [2.24, 2.45) is 0 Å². The van der Waals surface area contributed by atoms with E-state index in [-0.39, 0.29) is 0 Å². The van der Waals surface area contributed by atoms with Crippen LogP contribution in [-0.4, -0.2) is 4.98 Å². The second kappa shape index (κ2) is 14.1. The SMILES string of the molecule is c1ccc(-c2cccc(N(c3ccccc3)c3ccc4ccc5c(N(c6ccccc6)c6ccccc6)cc6nc(-c7ccccc7)sc6c5c4c3)c2)cc1. The quantitative estimate of drug-likeness (QED) is 0.146. The maximum Gasteiger partial charge on any atom is 0.124 e. The van der Waals surface area contributed by atoms with Crippen molar-refractivity contribution in [1.82, 2.24) is 4.98 Å². The Morgan fingerprint density at radius 3 is 1.51 bits per heavy atom. The van der Waals surface area contributed by atoms with Gasteiger partial charge < -0.3 is 9.80 Å². The van der Waals surface area contributed by atoms with Crippen LogP contribution < -0.4 is 9.80 Å². The van der Waals surface area contributed by atoms with Gasteiger partial charge in [0.15, 0.2) is 0 Å². The fourth-order valence-electron chi connectivity index (χ4n) is 7.67. The fraction of sp³-hybridized carbons (Fsp3) is 0. The molecule has 0 bridgehead atoms. The van der Waals surface area contributed by atoms with E-state index in [0.29, 0.717) is 0 Å². The van der Waals surface area contributed by atoms with Crippen molar-refractivity contribution in [3.8, 4) is 21.7 Å². The van der Waals surface area contributed by atoms with E-state index in [1.807, 2.05) is 0 Å². The van der Waals surface area contributed by atoms with Crippen molar-refractivity contribution in [1.29, 1.82) is 0 Å². The van der Waals surface area contributed by atoms with E-state index in [4.69, 9.17) is 4.98 Å². The maximum absolute atomic E-state index is 5.34. The molecule has 0 aliphatic carbocycles. The van der Waals surface area contributed by atoms with Gasteiger partial charge in [0, 0.05) is 44.8 Å². The Kier molecular flexibility index (Phi) is 8.36. The van der Waals surface area contributed by atoms with Gasteiger partial charge >= 0.3 is 0 Å². The third kappa shape index (κ3) is 6.09. The number of hydrogen-bond donors (Lipinski definition) is 0. The van der Waals surface area contributed by atoms with E-state index >= 15 is 0 Å². The van der Waals surface area contributed by atoms with Crippen molar-refractivity contribution in [3.63, 3.8) is 0 Å². The summed E-state index contributed by atoms with van der Waals surface area (Å²) < 4.78 is 1.18. The van der Waals surface area contributed by atoms with Gasteiger partial charge in [-0.1, -0.05) is 146 Å². The van der Waals surface area contributed by atoms with E-state index in [0.717, 1.165) is 50.2 Å². The number of fused-ring (bicyclic) bond motifs is 5. The molecular weight excluding hydrogens is 687 g/mol. The molecule has 0 saturated heterocycles. The van der Waals surface area contributed by atoms with E-state index in [2.05, 4.69) is 222 Å². The van der Waals surface area contributed by atoms with Crippen LogP contribution in [0.15, 0.2) is 212 Å². The molecule has 0 N–H and O–H groups in total. The van der Waals surface area contributed by atoms with Crippen molar-refractivity contribution in [2.45, 2.75) is 0 Å².